The molecule has 7 nitrogen and oxygen atoms in total. The van der Waals surface area contributed by atoms with Gasteiger partial charge in [-0.1, -0.05) is 64.6 Å². The molecule has 2 heterocycles. The molecule has 1 fully saturated rings. The number of aryl methyl sites for hydroxylation is 1. The normalized spacial score (nSPS) is 16.9. The van der Waals surface area contributed by atoms with Gasteiger partial charge in [-0.3, -0.25) is 19.2 Å². The summed E-state index contributed by atoms with van der Waals surface area (Å²) < 4.78 is 5.56. The third-order valence-electron chi connectivity index (χ3n) is 6.72. The smallest absolute Gasteiger partial charge is 0.316 e. The molecule has 3 aromatic rings. The number of esters is 1. The van der Waals surface area contributed by atoms with Crippen LogP contribution >= 0.6 is 46.4 Å². The Morgan fingerprint density at radius 3 is 2.11 bits per heavy atom. The van der Waals surface area contributed by atoms with Crippen LogP contribution in [-0.2, 0) is 9.59 Å². The average molecular weight is 592 g/mol. The number of rotatable bonds is 4. The standard InChI is InChI=1S/C27H18Cl4N2O5/c1-12-5-3-8-17(13(12)2)32-11-14(9-18(32)34)27(37)38-16-7-4-6-15(10-16)33-25(35)19-20(26(33)36)22(29)24(31)23(30)21(19)28/h3-8,10,14H,9,11H2,1-2H3/t14-/m0/s1. The van der Waals surface area contributed by atoms with Gasteiger partial charge in [-0.05, 0) is 43.2 Å². The Balaban J connectivity index is 1.37. The molecule has 0 aliphatic carbocycles. The lowest BCUT2D eigenvalue weighted by molar-refractivity contribution is -0.139. The van der Waals surface area contributed by atoms with E-state index in [9.17, 15) is 19.2 Å². The number of imide groups is 1. The molecule has 2 aliphatic heterocycles. The SMILES string of the molecule is Cc1cccc(N2C[C@@H](C(=O)Oc3cccc(N4C(=O)c5c(Cl)c(Cl)c(Cl)c(Cl)c5C4=O)c3)CC2=O)c1C. The first-order chi connectivity index (χ1) is 18.0. The minimum absolute atomic E-state index is 0.00281. The van der Waals surface area contributed by atoms with Crippen molar-refractivity contribution in [2.75, 3.05) is 16.3 Å². The Morgan fingerprint density at radius 1 is 0.868 bits per heavy atom. The van der Waals surface area contributed by atoms with E-state index in [0.29, 0.717) is 0 Å². The molecule has 0 bridgehead atoms. The monoisotopic (exact) mass is 590 g/mol. The van der Waals surface area contributed by atoms with Gasteiger partial charge in [-0.2, -0.15) is 0 Å². The summed E-state index contributed by atoms with van der Waals surface area (Å²) in [5.41, 5.74) is 2.57. The minimum Gasteiger partial charge on any atom is -0.426 e. The fraction of sp³-hybridized carbons (Fsp3) is 0.185. The molecule has 0 saturated carbocycles. The van der Waals surface area contributed by atoms with E-state index in [0.717, 1.165) is 21.7 Å². The number of nitrogens with zero attached hydrogens (tertiary/aromatic N) is 2. The van der Waals surface area contributed by atoms with Crippen LogP contribution in [0, 0.1) is 19.8 Å². The van der Waals surface area contributed by atoms with Gasteiger partial charge < -0.3 is 9.64 Å². The number of carbonyl (C=O) groups excluding carboxylic acids is 4. The number of anilines is 2. The van der Waals surface area contributed by atoms with Crippen LogP contribution in [0.5, 0.6) is 5.75 Å². The van der Waals surface area contributed by atoms with E-state index in [1.807, 2.05) is 32.0 Å². The fourth-order valence-electron chi connectivity index (χ4n) is 4.60. The van der Waals surface area contributed by atoms with Crippen LogP contribution in [0.15, 0.2) is 42.5 Å². The molecular weight excluding hydrogens is 574 g/mol. The number of ether oxygens (including phenoxy) is 1. The molecule has 0 unspecified atom stereocenters. The Hall–Kier alpha value is -3.10. The molecule has 0 radical (unpaired) electrons. The largest absolute Gasteiger partial charge is 0.426 e. The molecule has 1 atom stereocenters. The topological polar surface area (TPSA) is 84.0 Å². The van der Waals surface area contributed by atoms with E-state index < -0.39 is 23.7 Å². The van der Waals surface area contributed by atoms with Crippen molar-refractivity contribution in [1.29, 1.82) is 0 Å². The molecule has 0 aromatic heterocycles. The summed E-state index contributed by atoms with van der Waals surface area (Å²) in [6.45, 7) is 4.06. The van der Waals surface area contributed by atoms with Crippen LogP contribution in [-0.4, -0.2) is 30.2 Å². The molecular formula is C27H18Cl4N2O5. The second-order valence-corrected chi connectivity index (χ2v) is 10.5. The van der Waals surface area contributed by atoms with Crippen LogP contribution in [0.2, 0.25) is 20.1 Å². The summed E-state index contributed by atoms with van der Waals surface area (Å²) in [6, 6.07) is 11.5. The number of fused-ring (bicyclic) bond motifs is 1. The zero-order chi connectivity index (χ0) is 27.5. The van der Waals surface area contributed by atoms with Gasteiger partial charge in [0.15, 0.2) is 0 Å². The summed E-state index contributed by atoms with van der Waals surface area (Å²) in [4.78, 5) is 54.4. The van der Waals surface area contributed by atoms with Gasteiger partial charge >= 0.3 is 5.97 Å². The second kappa shape index (κ2) is 9.89. The maximum Gasteiger partial charge on any atom is 0.316 e. The molecule has 1 saturated heterocycles. The molecule has 194 valence electrons. The number of carbonyl (C=O) groups is 4. The lowest BCUT2D eigenvalue weighted by Crippen LogP contribution is -2.29. The van der Waals surface area contributed by atoms with Crippen molar-refractivity contribution in [2.45, 2.75) is 20.3 Å². The Labute approximate surface area is 237 Å². The van der Waals surface area contributed by atoms with Gasteiger partial charge in [0, 0.05) is 24.7 Å². The van der Waals surface area contributed by atoms with Crippen molar-refractivity contribution >= 4 is 81.5 Å². The lowest BCUT2D eigenvalue weighted by Gasteiger charge is -2.20. The van der Waals surface area contributed by atoms with Crippen LogP contribution < -0.4 is 14.5 Å². The van der Waals surface area contributed by atoms with Crippen molar-refractivity contribution in [3.05, 3.63) is 84.8 Å². The average Bonchev–Trinajstić information content (AvgIpc) is 3.40. The first-order valence-corrected chi connectivity index (χ1v) is 13.0. The number of hydrogen-bond donors (Lipinski definition) is 0. The van der Waals surface area contributed by atoms with Crippen molar-refractivity contribution in [3.63, 3.8) is 0 Å². The highest BCUT2D eigenvalue weighted by Gasteiger charge is 2.43. The molecule has 11 heteroatoms. The highest BCUT2D eigenvalue weighted by Crippen LogP contribution is 2.46. The number of benzene rings is 3. The van der Waals surface area contributed by atoms with Gasteiger partial charge in [-0.15, -0.1) is 0 Å². The summed E-state index contributed by atoms with van der Waals surface area (Å²) in [5, 5.41) is -0.634. The second-order valence-electron chi connectivity index (χ2n) is 8.99. The molecule has 2 aliphatic rings. The number of hydrogen-bond acceptors (Lipinski definition) is 5. The summed E-state index contributed by atoms with van der Waals surface area (Å²) in [5.74, 6) is -2.86. The predicted molar refractivity (Wildman–Crippen MR) is 146 cm³/mol. The molecule has 5 rings (SSSR count). The van der Waals surface area contributed by atoms with E-state index in [-0.39, 0.29) is 61.5 Å². The summed E-state index contributed by atoms with van der Waals surface area (Å²) >= 11 is 24.6. The Morgan fingerprint density at radius 2 is 1.47 bits per heavy atom. The van der Waals surface area contributed by atoms with E-state index in [1.54, 1.807) is 4.90 Å². The maximum atomic E-state index is 13.2. The van der Waals surface area contributed by atoms with Crippen molar-refractivity contribution in [2.24, 2.45) is 5.92 Å². The van der Waals surface area contributed by atoms with Gasteiger partial charge in [0.05, 0.1) is 42.8 Å². The van der Waals surface area contributed by atoms with Crippen LogP contribution in [0.25, 0.3) is 0 Å². The van der Waals surface area contributed by atoms with E-state index in [2.05, 4.69) is 0 Å². The Kier molecular flexibility index (Phi) is 6.90. The first kappa shape index (κ1) is 26.5. The molecule has 0 spiro atoms. The number of amides is 3. The highest BCUT2D eigenvalue weighted by atomic mass is 35.5. The van der Waals surface area contributed by atoms with E-state index >= 15 is 0 Å². The van der Waals surface area contributed by atoms with Gasteiger partial charge in [0.1, 0.15) is 5.75 Å². The fourth-order valence-corrected chi connectivity index (χ4v) is 5.61. The highest BCUT2D eigenvalue weighted by molar-refractivity contribution is 6.56. The third-order valence-corrected chi connectivity index (χ3v) is 8.52. The lowest BCUT2D eigenvalue weighted by atomic mass is 10.1. The van der Waals surface area contributed by atoms with E-state index in [4.69, 9.17) is 51.1 Å². The Bertz CT molecular complexity index is 1520. The van der Waals surface area contributed by atoms with Gasteiger partial charge in [0.25, 0.3) is 11.8 Å². The minimum atomic E-state index is -0.746. The number of halogens is 4. The zero-order valence-electron chi connectivity index (χ0n) is 20.0. The third kappa shape index (κ3) is 4.24. The van der Waals surface area contributed by atoms with Crippen LogP contribution in [0.4, 0.5) is 11.4 Å². The van der Waals surface area contributed by atoms with Gasteiger partial charge in [0.2, 0.25) is 5.91 Å². The zero-order valence-corrected chi connectivity index (χ0v) is 23.0. The summed E-state index contributed by atoms with van der Waals surface area (Å²) in [7, 11) is 0. The maximum absolute atomic E-state index is 13.2. The molecule has 38 heavy (non-hydrogen) atoms. The van der Waals surface area contributed by atoms with Crippen LogP contribution in [0.1, 0.15) is 38.3 Å². The molecule has 0 N–H and O–H groups in total. The van der Waals surface area contributed by atoms with Crippen molar-refractivity contribution < 1.29 is 23.9 Å². The van der Waals surface area contributed by atoms with Gasteiger partial charge in [-0.25, -0.2) is 4.90 Å². The van der Waals surface area contributed by atoms with E-state index in [1.165, 1.54) is 24.3 Å². The predicted octanol–water partition coefficient (Wildman–Crippen LogP) is 6.68. The molecule has 3 aromatic carbocycles. The first-order valence-electron chi connectivity index (χ1n) is 11.4. The molecule has 3 amide bonds. The van der Waals surface area contributed by atoms with Crippen LogP contribution in [0.3, 0.4) is 0 Å². The quantitative estimate of drug-likeness (QED) is 0.111. The van der Waals surface area contributed by atoms with Crippen molar-refractivity contribution in [3.8, 4) is 5.75 Å². The van der Waals surface area contributed by atoms with Crippen molar-refractivity contribution in [1.82, 2.24) is 0 Å². The summed E-state index contributed by atoms with van der Waals surface area (Å²) in [6.07, 6.45) is 0.00281.